The van der Waals surface area contributed by atoms with Crippen LogP contribution in [0.15, 0.2) is 49.0 Å². The lowest BCUT2D eigenvalue weighted by Crippen LogP contribution is -2.33. The van der Waals surface area contributed by atoms with Crippen LogP contribution in [-0.2, 0) is 10.8 Å². The van der Waals surface area contributed by atoms with Gasteiger partial charge in [0, 0.05) is 4.91 Å². The predicted molar refractivity (Wildman–Crippen MR) is 124 cm³/mol. The highest BCUT2D eigenvalue weighted by atomic mass is 32.1. The molecule has 0 fully saturated rings. The molecule has 0 N–H and O–H groups in total. The second-order valence-corrected chi connectivity index (χ2v) is 9.84. The van der Waals surface area contributed by atoms with Crippen LogP contribution in [0, 0.1) is 0 Å². The number of benzene rings is 2. The van der Waals surface area contributed by atoms with Crippen molar-refractivity contribution in [3.8, 4) is 0 Å². The fraction of sp³-hybridized carbons (Fsp3) is 0.385. The van der Waals surface area contributed by atoms with E-state index in [2.05, 4.69) is 103 Å². The zero-order valence-electron chi connectivity index (χ0n) is 17.6. The Hall–Kier alpha value is -1.73. The van der Waals surface area contributed by atoms with E-state index in [-0.39, 0.29) is 10.8 Å². The van der Waals surface area contributed by atoms with E-state index >= 15 is 0 Å². The van der Waals surface area contributed by atoms with Crippen molar-refractivity contribution in [3.05, 3.63) is 76.9 Å². The van der Waals surface area contributed by atoms with Gasteiger partial charge in [0.15, 0.2) is 0 Å². The Bertz CT molecular complexity index is 908. The molecule has 1 aliphatic carbocycles. The zero-order valence-corrected chi connectivity index (χ0v) is 18.5. The van der Waals surface area contributed by atoms with Crippen LogP contribution >= 0.6 is 12.6 Å². The first-order chi connectivity index (χ1) is 12.5. The summed E-state index contributed by atoms with van der Waals surface area (Å²) in [4.78, 5) is 0.805. The molecular weight excluding hydrogens is 344 g/mol. The number of hydrogen-bond acceptors (Lipinski definition) is 1. The molecule has 0 aromatic heterocycles. The molecule has 0 bridgehead atoms. The molecule has 0 saturated heterocycles. The quantitative estimate of drug-likeness (QED) is 0.408. The zero-order chi connectivity index (χ0) is 20.0. The summed E-state index contributed by atoms with van der Waals surface area (Å²) in [6.45, 7) is 17.9. The molecule has 0 saturated carbocycles. The molecule has 142 valence electrons. The Morgan fingerprint density at radius 1 is 0.741 bits per heavy atom. The Morgan fingerprint density at radius 3 is 1.74 bits per heavy atom. The minimum atomic E-state index is 0.240. The van der Waals surface area contributed by atoms with Gasteiger partial charge >= 0.3 is 0 Å². The van der Waals surface area contributed by atoms with Crippen molar-refractivity contribution in [2.24, 2.45) is 0 Å². The number of rotatable bonds is 3. The summed E-state index contributed by atoms with van der Waals surface area (Å²) in [7, 11) is 0. The molecular formula is C26H32S. The van der Waals surface area contributed by atoms with Crippen LogP contribution in [0.1, 0.15) is 82.2 Å². The van der Waals surface area contributed by atoms with Crippen molar-refractivity contribution in [3.63, 3.8) is 0 Å². The lowest BCUT2D eigenvalue weighted by molar-refractivity contribution is 0.332. The SMILES string of the molecule is C=C(S)c1ccc(/C(C)=C(\C)c2ccc3c(c2)C(C)(C)CCC3(C)C)cc1. The van der Waals surface area contributed by atoms with E-state index in [1.165, 1.54) is 46.2 Å². The fourth-order valence-electron chi connectivity index (χ4n) is 4.17. The summed E-state index contributed by atoms with van der Waals surface area (Å²) in [6, 6.07) is 15.7. The highest BCUT2D eigenvalue weighted by molar-refractivity contribution is 7.90. The van der Waals surface area contributed by atoms with Gasteiger partial charge in [0.2, 0.25) is 0 Å². The van der Waals surface area contributed by atoms with Crippen molar-refractivity contribution in [1.29, 1.82) is 0 Å². The van der Waals surface area contributed by atoms with Crippen molar-refractivity contribution in [1.82, 2.24) is 0 Å². The lowest BCUT2D eigenvalue weighted by atomic mass is 9.63. The Kier molecular flexibility index (Phi) is 5.20. The summed E-state index contributed by atoms with van der Waals surface area (Å²) in [5.41, 5.74) is 9.86. The van der Waals surface area contributed by atoms with Crippen LogP contribution in [0.25, 0.3) is 16.1 Å². The summed E-state index contributed by atoms with van der Waals surface area (Å²) in [6.07, 6.45) is 2.50. The molecule has 0 radical (unpaired) electrons. The van der Waals surface area contributed by atoms with E-state index in [0.29, 0.717) is 0 Å². The van der Waals surface area contributed by atoms with E-state index in [4.69, 9.17) is 0 Å². The topological polar surface area (TPSA) is 0 Å². The van der Waals surface area contributed by atoms with Gasteiger partial charge in [-0.05, 0) is 76.5 Å². The molecule has 2 aromatic rings. The number of allylic oxidation sites excluding steroid dienone is 2. The van der Waals surface area contributed by atoms with Crippen LogP contribution in [0.5, 0.6) is 0 Å². The van der Waals surface area contributed by atoms with Crippen LogP contribution in [0.4, 0.5) is 0 Å². The molecule has 0 amide bonds. The molecule has 0 unspecified atom stereocenters. The number of fused-ring (bicyclic) bond motifs is 1. The third-order valence-electron chi connectivity index (χ3n) is 6.50. The van der Waals surface area contributed by atoms with E-state index in [1.807, 2.05) is 0 Å². The normalized spacial score (nSPS) is 18.5. The third kappa shape index (κ3) is 3.80. The first-order valence-corrected chi connectivity index (χ1v) is 10.3. The fourth-order valence-corrected chi connectivity index (χ4v) is 4.32. The van der Waals surface area contributed by atoms with E-state index in [1.54, 1.807) is 0 Å². The van der Waals surface area contributed by atoms with Gasteiger partial charge in [-0.2, -0.15) is 0 Å². The maximum Gasteiger partial charge on any atom is 0.00405 e. The molecule has 0 spiro atoms. The number of thiol groups is 1. The first-order valence-electron chi connectivity index (χ1n) is 9.84. The maximum absolute atomic E-state index is 4.34. The molecule has 0 heterocycles. The van der Waals surface area contributed by atoms with E-state index in [0.717, 1.165) is 10.5 Å². The standard InChI is InChI=1S/C26H32S/c1-17(20-8-10-21(11-9-20)19(3)27)18(2)22-12-13-23-24(16-22)26(6,7)15-14-25(23,4)5/h8-13,16,27H,3,14-15H2,1-2,4-7H3/b18-17+. The molecule has 1 aliphatic rings. The van der Waals surface area contributed by atoms with Crippen molar-refractivity contribution >= 4 is 28.7 Å². The van der Waals surface area contributed by atoms with Crippen molar-refractivity contribution in [2.75, 3.05) is 0 Å². The predicted octanol–water partition coefficient (Wildman–Crippen LogP) is 7.89. The van der Waals surface area contributed by atoms with Crippen molar-refractivity contribution < 1.29 is 0 Å². The summed E-state index contributed by atoms with van der Waals surface area (Å²) in [5.74, 6) is 0. The minimum absolute atomic E-state index is 0.240. The highest BCUT2D eigenvalue weighted by Crippen LogP contribution is 2.46. The average Bonchev–Trinajstić information content (AvgIpc) is 2.64. The molecule has 0 aliphatic heterocycles. The second kappa shape index (κ2) is 7.02. The first kappa shape index (κ1) is 20.0. The molecule has 0 atom stereocenters. The van der Waals surface area contributed by atoms with Gasteiger partial charge in [0.1, 0.15) is 0 Å². The maximum atomic E-state index is 4.34. The van der Waals surface area contributed by atoms with Gasteiger partial charge < -0.3 is 0 Å². The van der Waals surface area contributed by atoms with E-state index < -0.39 is 0 Å². The smallest absolute Gasteiger partial charge is 0.00405 e. The largest absolute Gasteiger partial charge is 0.143 e. The Labute approximate surface area is 170 Å². The van der Waals surface area contributed by atoms with Gasteiger partial charge in [-0.25, -0.2) is 0 Å². The monoisotopic (exact) mass is 376 g/mol. The molecule has 3 rings (SSSR count). The summed E-state index contributed by atoms with van der Waals surface area (Å²) in [5, 5.41) is 0. The van der Waals surface area contributed by atoms with Gasteiger partial charge in [0.25, 0.3) is 0 Å². The van der Waals surface area contributed by atoms with Crippen LogP contribution < -0.4 is 0 Å². The second-order valence-electron chi connectivity index (χ2n) is 9.30. The van der Waals surface area contributed by atoms with Gasteiger partial charge in [-0.15, -0.1) is 12.6 Å². The lowest BCUT2D eigenvalue weighted by Gasteiger charge is -2.42. The van der Waals surface area contributed by atoms with Gasteiger partial charge in [-0.1, -0.05) is 76.7 Å². The van der Waals surface area contributed by atoms with Crippen LogP contribution in [0.2, 0.25) is 0 Å². The third-order valence-corrected chi connectivity index (χ3v) is 6.76. The van der Waals surface area contributed by atoms with Gasteiger partial charge in [0.05, 0.1) is 0 Å². The van der Waals surface area contributed by atoms with Crippen LogP contribution in [-0.4, -0.2) is 0 Å². The summed E-state index contributed by atoms with van der Waals surface area (Å²) >= 11 is 4.34. The molecule has 1 heteroatoms. The van der Waals surface area contributed by atoms with Gasteiger partial charge in [-0.3, -0.25) is 0 Å². The molecule has 0 nitrogen and oxygen atoms in total. The van der Waals surface area contributed by atoms with Crippen molar-refractivity contribution in [2.45, 2.75) is 65.2 Å². The summed E-state index contributed by atoms with van der Waals surface area (Å²) < 4.78 is 0. The Balaban J connectivity index is 2.05. The van der Waals surface area contributed by atoms with E-state index in [9.17, 15) is 0 Å². The number of hydrogen-bond donors (Lipinski definition) is 1. The average molecular weight is 377 g/mol. The van der Waals surface area contributed by atoms with Crippen LogP contribution in [0.3, 0.4) is 0 Å². The highest BCUT2D eigenvalue weighted by Gasteiger charge is 2.36. The molecule has 27 heavy (non-hydrogen) atoms. The molecule has 2 aromatic carbocycles. The minimum Gasteiger partial charge on any atom is -0.143 e. The Morgan fingerprint density at radius 2 is 1.19 bits per heavy atom.